The molecule has 3 saturated carbocycles. The van der Waals surface area contributed by atoms with Gasteiger partial charge in [-0.15, -0.1) is 0 Å². The minimum Gasteiger partial charge on any atom is -0.454 e. The Kier molecular flexibility index (Phi) is 2.03. The molecule has 6 atom stereocenters. The van der Waals surface area contributed by atoms with Gasteiger partial charge in [-0.25, -0.2) is 4.79 Å². The average Bonchev–Trinajstić information content (AvgIpc) is 3.10. The van der Waals surface area contributed by atoms with Crippen LogP contribution in [0.3, 0.4) is 0 Å². The van der Waals surface area contributed by atoms with Crippen LogP contribution < -0.4 is 0 Å². The van der Waals surface area contributed by atoms with Crippen molar-refractivity contribution in [2.24, 2.45) is 23.2 Å². The fraction of sp³-hybridized carbons (Fsp3) is 0.800. The van der Waals surface area contributed by atoms with Crippen LogP contribution in [0.1, 0.15) is 33.1 Å². The van der Waals surface area contributed by atoms with Crippen molar-refractivity contribution < 1.29 is 19.7 Å². The Labute approximate surface area is 112 Å². The highest BCUT2D eigenvalue weighted by molar-refractivity contribution is 5.91. The third-order valence-corrected chi connectivity index (χ3v) is 6.41. The summed E-state index contributed by atoms with van der Waals surface area (Å²) in [7, 11) is 0. The zero-order valence-electron chi connectivity index (χ0n) is 11.3. The van der Waals surface area contributed by atoms with Gasteiger partial charge >= 0.3 is 5.97 Å². The van der Waals surface area contributed by atoms with E-state index in [1.165, 1.54) is 0 Å². The third kappa shape index (κ3) is 1.20. The Hall–Kier alpha value is -0.870. The zero-order chi connectivity index (χ0) is 13.6. The van der Waals surface area contributed by atoms with E-state index in [1.54, 1.807) is 0 Å². The van der Waals surface area contributed by atoms with Gasteiger partial charge in [0.05, 0.1) is 12.2 Å². The molecule has 0 amide bonds. The molecule has 0 aromatic carbocycles. The maximum atomic E-state index is 11.7. The van der Waals surface area contributed by atoms with E-state index in [0.717, 1.165) is 18.4 Å². The first kappa shape index (κ1) is 11.9. The summed E-state index contributed by atoms with van der Waals surface area (Å²) in [4.78, 5) is 11.7. The first-order chi connectivity index (χ1) is 8.91. The molecule has 0 unspecified atom stereocenters. The van der Waals surface area contributed by atoms with Crippen molar-refractivity contribution in [2.75, 3.05) is 6.61 Å². The highest BCUT2D eigenvalue weighted by Gasteiger charge is 2.74. The Balaban J connectivity index is 1.77. The highest BCUT2D eigenvalue weighted by Crippen LogP contribution is 2.73. The van der Waals surface area contributed by atoms with Crippen LogP contribution in [0.5, 0.6) is 0 Å². The van der Waals surface area contributed by atoms with E-state index in [-0.39, 0.29) is 35.9 Å². The largest absolute Gasteiger partial charge is 0.454 e. The lowest BCUT2D eigenvalue weighted by Crippen LogP contribution is -2.50. The molecule has 0 spiro atoms. The van der Waals surface area contributed by atoms with Crippen LogP contribution in [0.15, 0.2) is 11.1 Å². The van der Waals surface area contributed by atoms with Crippen molar-refractivity contribution in [3.8, 4) is 0 Å². The first-order valence-electron chi connectivity index (χ1n) is 7.15. The van der Waals surface area contributed by atoms with Crippen molar-refractivity contribution in [1.82, 2.24) is 0 Å². The Bertz CT molecular complexity index is 510. The standard InChI is InChI=1S/C15H20O4/c1-7-8-3-12-14(2,5-11(8)19-13(7)17)9-4-10(9)15(12,18)6-16/h9-12,16,18H,3-6H2,1-2H3/t9-,10+,11+,12-,14+,15-/m1/s1. The van der Waals surface area contributed by atoms with Crippen molar-refractivity contribution in [2.45, 2.75) is 44.8 Å². The quantitative estimate of drug-likeness (QED) is 0.694. The third-order valence-electron chi connectivity index (χ3n) is 6.41. The van der Waals surface area contributed by atoms with E-state index >= 15 is 0 Å². The second-order valence-electron chi connectivity index (χ2n) is 7.11. The van der Waals surface area contributed by atoms with Crippen LogP contribution in [-0.2, 0) is 9.53 Å². The van der Waals surface area contributed by atoms with Gasteiger partial charge in [-0.1, -0.05) is 6.92 Å². The number of esters is 1. The van der Waals surface area contributed by atoms with Crippen LogP contribution in [-0.4, -0.2) is 34.5 Å². The van der Waals surface area contributed by atoms with Gasteiger partial charge in [-0.3, -0.25) is 0 Å². The number of hydrogen-bond donors (Lipinski definition) is 2. The molecular formula is C15H20O4. The topological polar surface area (TPSA) is 66.8 Å². The fourth-order valence-corrected chi connectivity index (χ4v) is 5.23. The molecule has 4 aliphatic rings. The number of ether oxygens (including phenoxy) is 1. The lowest BCUT2D eigenvalue weighted by Gasteiger charge is -2.46. The van der Waals surface area contributed by atoms with Crippen LogP contribution in [0.2, 0.25) is 0 Å². The molecule has 2 N–H and O–H groups in total. The Morgan fingerprint density at radius 2 is 2.16 bits per heavy atom. The second-order valence-corrected chi connectivity index (χ2v) is 7.11. The molecule has 0 aromatic heterocycles. The summed E-state index contributed by atoms with van der Waals surface area (Å²) < 4.78 is 5.46. The van der Waals surface area contributed by atoms with E-state index in [4.69, 9.17) is 4.74 Å². The summed E-state index contributed by atoms with van der Waals surface area (Å²) in [5.41, 5.74) is 0.818. The lowest BCUT2D eigenvalue weighted by atomic mass is 9.61. The molecule has 0 bridgehead atoms. The number of fused-ring (bicyclic) bond motifs is 4. The predicted molar refractivity (Wildman–Crippen MR) is 67.0 cm³/mol. The first-order valence-corrected chi connectivity index (χ1v) is 7.15. The molecule has 4 heteroatoms. The Morgan fingerprint density at radius 3 is 2.84 bits per heavy atom. The average molecular weight is 264 g/mol. The normalized spacial score (nSPS) is 54.6. The SMILES string of the molecule is CC1=C2C[C@@H]3[C@@](C)(C[C@@H]2OC1=O)[C@@H]1C[C@@H]1[C@]3(O)CO. The van der Waals surface area contributed by atoms with Gasteiger partial charge in [0, 0.05) is 5.57 Å². The molecule has 0 aromatic rings. The van der Waals surface area contributed by atoms with Gasteiger partial charge in [-0.05, 0) is 54.9 Å². The maximum absolute atomic E-state index is 11.7. The van der Waals surface area contributed by atoms with E-state index in [9.17, 15) is 15.0 Å². The molecule has 1 aliphatic heterocycles. The summed E-state index contributed by atoms with van der Waals surface area (Å²) in [6, 6.07) is 0. The van der Waals surface area contributed by atoms with E-state index in [0.29, 0.717) is 17.9 Å². The zero-order valence-corrected chi connectivity index (χ0v) is 11.3. The number of aliphatic hydroxyl groups excluding tert-OH is 1. The van der Waals surface area contributed by atoms with Crippen LogP contribution >= 0.6 is 0 Å². The fourth-order valence-electron chi connectivity index (χ4n) is 5.23. The van der Waals surface area contributed by atoms with Crippen LogP contribution in [0, 0.1) is 23.2 Å². The molecule has 4 nitrogen and oxygen atoms in total. The van der Waals surface area contributed by atoms with Crippen molar-refractivity contribution >= 4 is 5.97 Å². The molecular weight excluding hydrogens is 244 g/mol. The van der Waals surface area contributed by atoms with Gasteiger partial charge in [0.25, 0.3) is 0 Å². The smallest absolute Gasteiger partial charge is 0.334 e. The van der Waals surface area contributed by atoms with Crippen molar-refractivity contribution in [3.05, 3.63) is 11.1 Å². The predicted octanol–water partition coefficient (Wildman–Crippen LogP) is 1.02. The number of rotatable bonds is 1. The number of hydrogen-bond acceptors (Lipinski definition) is 4. The van der Waals surface area contributed by atoms with Crippen molar-refractivity contribution in [3.63, 3.8) is 0 Å². The minimum atomic E-state index is -0.955. The number of aliphatic hydroxyl groups is 2. The van der Waals surface area contributed by atoms with Gasteiger partial charge in [0.15, 0.2) is 0 Å². The molecule has 19 heavy (non-hydrogen) atoms. The highest BCUT2D eigenvalue weighted by atomic mass is 16.5. The molecule has 4 rings (SSSR count). The van der Waals surface area contributed by atoms with Crippen LogP contribution in [0.4, 0.5) is 0 Å². The Morgan fingerprint density at radius 1 is 1.42 bits per heavy atom. The molecule has 0 radical (unpaired) electrons. The van der Waals surface area contributed by atoms with Gasteiger partial charge in [0.1, 0.15) is 6.10 Å². The van der Waals surface area contributed by atoms with E-state index in [1.807, 2.05) is 6.92 Å². The molecule has 0 saturated heterocycles. The summed E-state index contributed by atoms with van der Waals surface area (Å²) >= 11 is 0. The molecule has 104 valence electrons. The van der Waals surface area contributed by atoms with Gasteiger partial charge in [0.2, 0.25) is 0 Å². The summed E-state index contributed by atoms with van der Waals surface area (Å²) in [5.74, 6) is 0.576. The summed E-state index contributed by atoms with van der Waals surface area (Å²) in [6.07, 6.45) is 2.42. The van der Waals surface area contributed by atoms with E-state index in [2.05, 4.69) is 6.92 Å². The molecule has 3 fully saturated rings. The number of carbonyl (C=O) groups is 1. The van der Waals surface area contributed by atoms with Crippen LogP contribution in [0.25, 0.3) is 0 Å². The van der Waals surface area contributed by atoms with Gasteiger partial charge in [-0.2, -0.15) is 0 Å². The molecule has 1 heterocycles. The van der Waals surface area contributed by atoms with E-state index < -0.39 is 5.60 Å². The van der Waals surface area contributed by atoms with Crippen molar-refractivity contribution in [1.29, 1.82) is 0 Å². The summed E-state index contributed by atoms with van der Waals surface area (Å²) in [5, 5.41) is 20.5. The summed E-state index contributed by atoms with van der Waals surface area (Å²) in [6.45, 7) is 3.85. The maximum Gasteiger partial charge on any atom is 0.334 e. The molecule has 3 aliphatic carbocycles. The second kappa shape index (κ2) is 3.23. The monoisotopic (exact) mass is 264 g/mol. The minimum absolute atomic E-state index is 0.00120. The number of carbonyl (C=O) groups excluding carboxylic acids is 1. The lowest BCUT2D eigenvalue weighted by molar-refractivity contribution is -0.144. The van der Waals surface area contributed by atoms with Gasteiger partial charge < -0.3 is 14.9 Å².